The highest BCUT2D eigenvalue weighted by atomic mass is 16.5. The molecule has 82 valence electrons. The molecule has 0 amide bonds. The number of hydrogen-bond donors (Lipinski definition) is 2. The van der Waals surface area contributed by atoms with E-state index in [0.717, 1.165) is 18.7 Å². The normalized spacial score (nSPS) is 17.7. The first-order valence-corrected chi connectivity index (χ1v) is 4.95. The molecule has 0 unspecified atom stereocenters. The minimum absolute atomic E-state index is 0.299. The average Bonchev–Trinajstić information content (AvgIpc) is 2.95. The number of nitrogens with one attached hydrogen (secondary N) is 1. The molecule has 0 radical (unpaired) electrons. The SMILES string of the molecule is C[C@@H](NCc1nc(C2CC2)no1)C(=O)O. The van der Waals surface area contributed by atoms with Gasteiger partial charge in [-0.25, -0.2) is 0 Å². The lowest BCUT2D eigenvalue weighted by molar-refractivity contribution is -0.139. The maximum atomic E-state index is 10.5. The fraction of sp³-hybridized carbons (Fsp3) is 0.667. The van der Waals surface area contributed by atoms with E-state index in [1.807, 2.05) is 0 Å². The molecule has 0 saturated heterocycles. The molecule has 1 aliphatic carbocycles. The Hall–Kier alpha value is -1.43. The first kappa shape index (κ1) is 10.1. The van der Waals surface area contributed by atoms with Gasteiger partial charge in [0.1, 0.15) is 6.04 Å². The Morgan fingerprint density at radius 1 is 1.73 bits per heavy atom. The van der Waals surface area contributed by atoms with Gasteiger partial charge in [-0.15, -0.1) is 0 Å². The predicted molar refractivity (Wildman–Crippen MR) is 50.2 cm³/mol. The van der Waals surface area contributed by atoms with Crippen molar-refractivity contribution in [2.45, 2.75) is 38.3 Å². The molecule has 1 heterocycles. The van der Waals surface area contributed by atoms with Crippen LogP contribution in [0.2, 0.25) is 0 Å². The van der Waals surface area contributed by atoms with Gasteiger partial charge in [-0.1, -0.05) is 5.16 Å². The van der Waals surface area contributed by atoms with Crippen LogP contribution >= 0.6 is 0 Å². The smallest absolute Gasteiger partial charge is 0.320 e. The summed E-state index contributed by atoms with van der Waals surface area (Å²) in [4.78, 5) is 14.7. The van der Waals surface area contributed by atoms with E-state index in [1.165, 1.54) is 0 Å². The van der Waals surface area contributed by atoms with Crippen molar-refractivity contribution in [2.75, 3.05) is 0 Å². The van der Waals surface area contributed by atoms with Gasteiger partial charge in [0.25, 0.3) is 0 Å². The zero-order chi connectivity index (χ0) is 10.8. The lowest BCUT2D eigenvalue weighted by atomic mass is 10.3. The molecule has 0 bridgehead atoms. The predicted octanol–water partition coefficient (Wildman–Crippen LogP) is 0.510. The molecule has 1 atom stereocenters. The van der Waals surface area contributed by atoms with Crippen molar-refractivity contribution in [1.29, 1.82) is 0 Å². The third kappa shape index (κ3) is 2.53. The summed E-state index contributed by atoms with van der Waals surface area (Å²) < 4.78 is 4.98. The van der Waals surface area contributed by atoms with E-state index in [1.54, 1.807) is 6.92 Å². The molecule has 1 aliphatic rings. The third-order valence-corrected chi connectivity index (χ3v) is 2.36. The molecule has 1 aromatic rings. The van der Waals surface area contributed by atoms with Crippen LogP contribution in [0.25, 0.3) is 0 Å². The Labute approximate surface area is 86.7 Å². The maximum absolute atomic E-state index is 10.5. The minimum Gasteiger partial charge on any atom is -0.480 e. The number of carboxylic acids is 1. The first-order valence-electron chi connectivity index (χ1n) is 4.95. The largest absolute Gasteiger partial charge is 0.480 e. The van der Waals surface area contributed by atoms with Crippen LogP contribution in [0.15, 0.2) is 4.52 Å². The fourth-order valence-electron chi connectivity index (χ4n) is 1.17. The van der Waals surface area contributed by atoms with Crippen LogP contribution < -0.4 is 5.32 Å². The highest BCUT2D eigenvalue weighted by Gasteiger charge is 2.28. The number of hydrogen-bond acceptors (Lipinski definition) is 5. The highest BCUT2D eigenvalue weighted by molar-refractivity contribution is 5.72. The molecule has 1 fully saturated rings. The van der Waals surface area contributed by atoms with Gasteiger partial charge in [-0.2, -0.15) is 4.98 Å². The van der Waals surface area contributed by atoms with Crippen LogP contribution in [0.1, 0.15) is 37.4 Å². The van der Waals surface area contributed by atoms with E-state index in [9.17, 15) is 4.79 Å². The van der Waals surface area contributed by atoms with Crippen molar-refractivity contribution in [3.8, 4) is 0 Å². The third-order valence-electron chi connectivity index (χ3n) is 2.36. The van der Waals surface area contributed by atoms with Crippen LogP contribution in [0.3, 0.4) is 0 Å². The standard InChI is InChI=1S/C9H13N3O3/c1-5(9(13)14)10-4-7-11-8(12-15-7)6-2-3-6/h5-6,10H,2-4H2,1H3,(H,13,14)/t5-/m1/s1. The van der Waals surface area contributed by atoms with Gasteiger partial charge in [0.05, 0.1) is 6.54 Å². The summed E-state index contributed by atoms with van der Waals surface area (Å²) >= 11 is 0. The van der Waals surface area contributed by atoms with E-state index in [4.69, 9.17) is 9.63 Å². The summed E-state index contributed by atoms with van der Waals surface area (Å²) in [5, 5.41) is 15.2. The lowest BCUT2D eigenvalue weighted by Gasteiger charge is -2.04. The van der Waals surface area contributed by atoms with Gasteiger partial charge in [0, 0.05) is 5.92 Å². The summed E-state index contributed by atoms with van der Waals surface area (Å²) in [6, 6.07) is -0.610. The van der Waals surface area contributed by atoms with Crippen molar-refractivity contribution < 1.29 is 14.4 Å². The zero-order valence-corrected chi connectivity index (χ0v) is 8.43. The Morgan fingerprint density at radius 3 is 3.07 bits per heavy atom. The molecule has 2 N–H and O–H groups in total. The van der Waals surface area contributed by atoms with E-state index in [0.29, 0.717) is 18.4 Å². The van der Waals surface area contributed by atoms with E-state index in [-0.39, 0.29) is 0 Å². The van der Waals surface area contributed by atoms with Gasteiger partial charge in [0.15, 0.2) is 5.82 Å². The Kier molecular flexibility index (Phi) is 2.68. The second kappa shape index (κ2) is 3.98. The zero-order valence-electron chi connectivity index (χ0n) is 8.43. The number of nitrogens with zero attached hydrogens (tertiary/aromatic N) is 2. The van der Waals surface area contributed by atoms with Gasteiger partial charge in [-0.05, 0) is 19.8 Å². The molecule has 6 nitrogen and oxygen atoms in total. The highest BCUT2D eigenvalue weighted by Crippen LogP contribution is 2.37. The van der Waals surface area contributed by atoms with Gasteiger partial charge in [-0.3, -0.25) is 10.1 Å². The Bertz CT molecular complexity index is 359. The first-order chi connectivity index (χ1) is 7.16. The van der Waals surface area contributed by atoms with Gasteiger partial charge >= 0.3 is 5.97 Å². The summed E-state index contributed by atoms with van der Waals surface area (Å²) in [7, 11) is 0. The van der Waals surface area contributed by atoms with Crippen molar-refractivity contribution in [2.24, 2.45) is 0 Å². The van der Waals surface area contributed by atoms with Crippen molar-refractivity contribution >= 4 is 5.97 Å². The molecule has 2 rings (SSSR count). The van der Waals surface area contributed by atoms with Gasteiger partial charge in [0.2, 0.25) is 5.89 Å². The van der Waals surface area contributed by atoms with Crippen molar-refractivity contribution in [3.05, 3.63) is 11.7 Å². The van der Waals surface area contributed by atoms with Gasteiger partial charge < -0.3 is 9.63 Å². The minimum atomic E-state index is -0.892. The molecule has 0 aromatic carbocycles. The summed E-state index contributed by atoms with van der Waals surface area (Å²) in [6.07, 6.45) is 2.25. The molecular weight excluding hydrogens is 198 g/mol. The van der Waals surface area contributed by atoms with Crippen LogP contribution in [0, 0.1) is 0 Å². The molecule has 6 heteroatoms. The lowest BCUT2D eigenvalue weighted by Crippen LogP contribution is -2.33. The molecule has 1 saturated carbocycles. The van der Waals surface area contributed by atoms with E-state index < -0.39 is 12.0 Å². The maximum Gasteiger partial charge on any atom is 0.320 e. The summed E-state index contributed by atoms with van der Waals surface area (Å²) in [5.74, 6) is 0.760. The molecule has 0 spiro atoms. The van der Waals surface area contributed by atoms with Crippen LogP contribution in [-0.2, 0) is 11.3 Å². The Morgan fingerprint density at radius 2 is 2.47 bits per heavy atom. The number of aromatic nitrogens is 2. The van der Waals surface area contributed by atoms with Crippen molar-refractivity contribution in [1.82, 2.24) is 15.5 Å². The van der Waals surface area contributed by atoms with E-state index >= 15 is 0 Å². The monoisotopic (exact) mass is 211 g/mol. The second-order valence-corrected chi connectivity index (χ2v) is 3.76. The van der Waals surface area contributed by atoms with Crippen LogP contribution in [0.5, 0.6) is 0 Å². The summed E-state index contributed by atoms with van der Waals surface area (Å²) in [6.45, 7) is 1.87. The topological polar surface area (TPSA) is 88.3 Å². The summed E-state index contributed by atoms with van der Waals surface area (Å²) in [5.41, 5.74) is 0. The molecule has 1 aromatic heterocycles. The Balaban J connectivity index is 1.85. The molecular formula is C9H13N3O3. The molecule has 0 aliphatic heterocycles. The van der Waals surface area contributed by atoms with E-state index in [2.05, 4.69) is 15.5 Å². The van der Waals surface area contributed by atoms with Crippen LogP contribution in [0.4, 0.5) is 0 Å². The fourth-order valence-corrected chi connectivity index (χ4v) is 1.17. The molecule has 15 heavy (non-hydrogen) atoms. The number of carbonyl (C=O) groups is 1. The quantitative estimate of drug-likeness (QED) is 0.737. The number of carboxylic acid groups (broad SMARTS) is 1. The average molecular weight is 211 g/mol. The van der Waals surface area contributed by atoms with Crippen LogP contribution in [-0.4, -0.2) is 27.3 Å². The number of aliphatic carboxylic acids is 1. The number of rotatable bonds is 5. The second-order valence-electron chi connectivity index (χ2n) is 3.76. The van der Waals surface area contributed by atoms with Crippen molar-refractivity contribution in [3.63, 3.8) is 0 Å².